The third-order valence-electron chi connectivity index (χ3n) is 3.85. The number of hydrogen-bond acceptors (Lipinski definition) is 2. The molecule has 0 radical (unpaired) electrons. The van der Waals surface area contributed by atoms with E-state index in [1.165, 1.54) is 23.1 Å². The molecule has 0 unspecified atom stereocenters. The van der Waals surface area contributed by atoms with Gasteiger partial charge in [0.2, 0.25) is 0 Å². The summed E-state index contributed by atoms with van der Waals surface area (Å²) in [7, 11) is 0. The standard InChI is InChI=1S/C14H15ClFNO3/c1-14(13(19)20)5-7-17(8-6-14)12(18)11-9(15)3-2-4-10(11)16/h2-4H,5-8H2,1H3,(H,19,20). The molecule has 1 aliphatic rings. The summed E-state index contributed by atoms with van der Waals surface area (Å²) in [4.78, 5) is 24.9. The van der Waals surface area contributed by atoms with Crippen molar-refractivity contribution in [3.63, 3.8) is 0 Å². The van der Waals surface area contributed by atoms with Gasteiger partial charge >= 0.3 is 5.97 Å². The Morgan fingerprint density at radius 2 is 1.95 bits per heavy atom. The van der Waals surface area contributed by atoms with Crippen molar-refractivity contribution in [2.24, 2.45) is 5.41 Å². The largest absolute Gasteiger partial charge is 0.481 e. The molecule has 1 amide bonds. The molecular weight excluding hydrogens is 285 g/mol. The number of carbonyl (C=O) groups is 2. The zero-order chi connectivity index (χ0) is 14.9. The SMILES string of the molecule is CC1(C(=O)O)CCN(C(=O)c2c(F)cccc2Cl)CC1. The highest BCUT2D eigenvalue weighted by Gasteiger charge is 2.38. The first-order chi connectivity index (χ1) is 9.35. The van der Waals surface area contributed by atoms with Crippen LogP contribution in [0.3, 0.4) is 0 Å². The molecule has 1 fully saturated rings. The molecule has 1 N–H and O–H groups in total. The molecule has 0 aromatic heterocycles. The van der Waals surface area contributed by atoms with Gasteiger partial charge in [0.25, 0.3) is 5.91 Å². The molecule has 0 saturated carbocycles. The van der Waals surface area contributed by atoms with E-state index in [0.29, 0.717) is 12.8 Å². The number of carboxylic acid groups (broad SMARTS) is 1. The molecule has 0 atom stereocenters. The number of aliphatic carboxylic acids is 1. The summed E-state index contributed by atoms with van der Waals surface area (Å²) in [5.41, 5.74) is -0.969. The Morgan fingerprint density at radius 3 is 2.45 bits per heavy atom. The summed E-state index contributed by atoms with van der Waals surface area (Å²) in [6.07, 6.45) is 0.695. The van der Waals surface area contributed by atoms with Gasteiger partial charge in [-0.2, -0.15) is 0 Å². The average Bonchev–Trinajstić information content (AvgIpc) is 2.39. The highest BCUT2D eigenvalue weighted by atomic mass is 35.5. The fraction of sp³-hybridized carbons (Fsp3) is 0.429. The van der Waals surface area contributed by atoms with Crippen LogP contribution in [-0.4, -0.2) is 35.0 Å². The number of nitrogens with zero attached hydrogens (tertiary/aromatic N) is 1. The topological polar surface area (TPSA) is 57.6 Å². The first-order valence-corrected chi connectivity index (χ1v) is 6.69. The van der Waals surface area contributed by atoms with Crippen LogP contribution in [0.5, 0.6) is 0 Å². The second kappa shape index (κ2) is 5.40. The highest BCUT2D eigenvalue weighted by Crippen LogP contribution is 2.32. The summed E-state index contributed by atoms with van der Waals surface area (Å²) >= 11 is 5.87. The third kappa shape index (κ3) is 2.63. The van der Waals surface area contributed by atoms with Crippen LogP contribution in [0.15, 0.2) is 18.2 Å². The molecule has 6 heteroatoms. The molecular formula is C14H15ClFNO3. The van der Waals surface area contributed by atoms with Crippen molar-refractivity contribution in [2.75, 3.05) is 13.1 Å². The molecule has 0 spiro atoms. The third-order valence-corrected chi connectivity index (χ3v) is 4.16. The summed E-state index contributed by atoms with van der Waals surface area (Å²) in [6, 6.07) is 4.08. The Labute approximate surface area is 121 Å². The minimum Gasteiger partial charge on any atom is -0.481 e. The summed E-state index contributed by atoms with van der Waals surface area (Å²) in [5, 5.41) is 9.21. The van der Waals surface area contributed by atoms with Gasteiger partial charge in [-0.3, -0.25) is 9.59 Å². The predicted octanol–water partition coefficient (Wildman–Crippen LogP) is 2.81. The molecule has 4 nitrogen and oxygen atoms in total. The Bertz CT molecular complexity index is 533. The van der Waals surface area contributed by atoms with Crippen molar-refractivity contribution < 1.29 is 19.1 Å². The van der Waals surface area contributed by atoms with Crippen LogP contribution >= 0.6 is 11.6 Å². The van der Waals surface area contributed by atoms with Gasteiger partial charge in [0.15, 0.2) is 0 Å². The first kappa shape index (κ1) is 14.8. The maximum atomic E-state index is 13.7. The van der Waals surface area contributed by atoms with Gasteiger partial charge in [-0.1, -0.05) is 17.7 Å². The Morgan fingerprint density at radius 1 is 1.35 bits per heavy atom. The Kier molecular flexibility index (Phi) is 3.99. The highest BCUT2D eigenvalue weighted by molar-refractivity contribution is 6.33. The van der Waals surface area contributed by atoms with Crippen LogP contribution in [0, 0.1) is 11.2 Å². The summed E-state index contributed by atoms with van der Waals surface area (Å²) < 4.78 is 13.7. The Balaban J connectivity index is 2.15. The molecule has 1 aromatic carbocycles. The van der Waals surface area contributed by atoms with Crippen molar-refractivity contribution in [1.82, 2.24) is 4.90 Å². The number of carboxylic acids is 1. The van der Waals surface area contributed by atoms with Gasteiger partial charge < -0.3 is 10.0 Å². The van der Waals surface area contributed by atoms with Crippen LogP contribution in [0.2, 0.25) is 5.02 Å². The molecule has 1 saturated heterocycles. The lowest BCUT2D eigenvalue weighted by atomic mass is 9.80. The zero-order valence-electron chi connectivity index (χ0n) is 11.0. The summed E-state index contributed by atoms with van der Waals surface area (Å²) in [6.45, 7) is 2.23. The molecule has 1 heterocycles. The molecule has 1 aromatic rings. The number of hydrogen-bond donors (Lipinski definition) is 1. The van der Waals surface area contributed by atoms with Crippen molar-refractivity contribution in [3.05, 3.63) is 34.6 Å². The van der Waals surface area contributed by atoms with Gasteiger partial charge in [-0.05, 0) is 31.9 Å². The van der Waals surface area contributed by atoms with E-state index in [9.17, 15) is 14.0 Å². The maximum Gasteiger partial charge on any atom is 0.309 e. The van der Waals surface area contributed by atoms with E-state index in [2.05, 4.69) is 0 Å². The maximum absolute atomic E-state index is 13.7. The number of halogens is 2. The second-order valence-corrected chi connectivity index (χ2v) is 5.66. The fourth-order valence-corrected chi connectivity index (χ4v) is 2.52. The minimum atomic E-state index is -0.867. The fourth-order valence-electron chi connectivity index (χ4n) is 2.28. The molecule has 0 bridgehead atoms. The van der Waals surface area contributed by atoms with Crippen LogP contribution in [0.4, 0.5) is 4.39 Å². The van der Waals surface area contributed by atoms with E-state index in [-0.39, 0.29) is 23.7 Å². The van der Waals surface area contributed by atoms with E-state index in [1.807, 2.05) is 0 Å². The zero-order valence-corrected chi connectivity index (χ0v) is 11.8. The first-order valence-electron chi connectivity index (χ1n) is 6.32. The molecule has 20 heavy (non-hydrogen) atoms. The molecule has 108 valence electrons. The average molecular weight is 300 g/mol. The van der Waals surface area contributed by atoms with Crippen molar-refractivity contribution >= 4 is 23.5 Å². The smallest absolute Gasteiger partial charge is 0.309 e. The lowest BCUT2D eigenvalue weighted by molar-refractivity contribution is -0.150. The van der Waals surface area contributed by atoms with E-state index < -0.39 is 23.1 Å². The van der Waals surface area contributed by atoms with Gasteiger partial charge in [-0.15, -0.1) is 0 Å². The van der Waals surface area contributed by atoms with Crippen LogP contribution in [-0.2, 0) is 4.79 Å². The number of amides is 1. The van der Waals surface area contributed by atoms with Crippen molar-refractivity contribution in [1.29, 1.82) is 0 Å². The molecule has 0 aliphatic carbocycles. The lowest BCUT2D eigenvalue weighted by Gasteiger charge is -2.36. The number of likely N-dealkylation sites (tertiary alicyclic amines) is 1. The van der Waals surface area contributed by atoms with E-state index >= 15 is 0 Å². The quantitative estimate of drug-likeness (QED) is 0.913. The number of benzene rings is 1. The van der Waals surface area contributed by atoms with E-state index in [0.717, 1.165) is 0 Å². The van der Waals surface area contributed by atoms with Crippen LogP contribution < -0.4 is 0 Å². The second-order valence-electron chi connectivity index (χ2n) is 5.25. The van der Waals surface area contributed by atoms with E-state index in [4.69, 9.17) is 16.7 Å². The van der Waals surface area contributed by atoms with Crippen LogP contribution in [0.1, 0.15) is 30.1 Å². The predicted molar refractivity (Wildman–Crippen MR) is 72.3 cm³/mol. The van der Waals surface area contributed by atoms with Crippen LogP contribution in [0.25, 0.3) is 0 Å². The van der Waals surface area contributed by atoms with Gasteiger partial charge in [-0.25, -0.2) is 4.39 Å². The van der Waals surface area contributed by atoms with Crippen molar-refractivity contribution in [2.45, 2.75) is 19.8 Å². The Hall–Kier alpha value is -1.62. The van der Waals surface area contributed by atoms with Gasteiger partial charge in [0.05, 0.1) is 16.0 Å². The molecule has 1 aliphatic heterocycles. The lowest BCUT2D eigenvalue weighted by Crippen LogP contribution is -2.45. The normalized spacial score (nSPS) is 17.9. The van der Waals surface area contributed by atoms with E-state index in [1.54, 1.807) is 6.92 Å². The van der Waals surface area contributed by atoms with Gasteiger partial charge in [0, 0.05) is 13.1 Å². The number of carbonyl (C=O) groups excluding carboxylic acids is 1. The number of piperidine rings is 1. The monoisotopic (exact) mass is 299 g/mol. The van der Waals surface area contributed by atoms with Gasteiger partial charge in [0.1, 0.15) is 5.82 Å². The number of rotatable bonds is 2. The van der Waals surface area contributed by atoms with Crippen molar-refractivity contribution in [3.8, 4) is 0 Å². The minimum absolute atomic E-state index is 0.0709. The molecule has 2 rings (SSSR count). The summed E-state index contributed by atoms with van der Waals surface area (Å²) in [5.74, 6) is -2.01.